The Bertz CT molecular complexity index is 622. The zero-order chi connectivity index (χ0) is 20.9. The van der Waals surface area contributed by atoms with Crippen LogP contribution in [0.3, 0.4) is 0 Å². The lowest BCUT2D eigenvalue weighted by Gasteiger charge is -2.58. The van der Waals surface area contributed by atoms with Gasteiger partial charge in [-0.3, -0.25) is 0 Å². The third kappa shape index (κ3) is 3.86. The Morgan fingerprint density at radius 1 is 1.07 bits per heavy atom. The van der Waals surface area contributed by atoms with E-state index < -0.39 is 5.60 Å². The van der Waals surface area contributed by atoms with E-state index in [1.54, 1.807) is 5.57 Å². The molecule has 3 fully saturated rings. The molecular formula is C27H46O2. The molecule has 0 aromatic rings. The van der Waals surface area contributed by atoms with Gasteiger partial charge in [0, 0.05) is 0 Å². The molecule has 4 unspecified atom stereocenters. The topological polar surface area (TPSA) is 40.5 Å². The molecule has 0 radical (unpaired) electrons. The molecule has 0 aliphatic heterocycles. The lowest BCUT2D eigenvalue weighted by atomic mass is 9.47. The van der Waals surface area contributed by atoms with E-state index in [0.717, 1.165) is 55.8 Å². The van der Waals surface area contributed by atoms with Gasteiger partial charge in [0.05, 0.1) is 11.7 Å². The molecule has 2 nitrogen and oxygen atoms in total. The minimum atomic E-state index is -0.462. The number of hydrogen-bond acceptors (Lipinski definition) is 2. The number of fused-ring (bicyclic) bond motifs is 5. The van der Waals surface area contributed by atoms with Crippen LogP contribution >= 0.6 is 0 Å². The molecule has 0 spiro atoms. The summed E-state index contributed by atoms with van der Waals surface area (Å²) in [5.74, 6) is 3.46. The highest BCUT2D eigenvalue weighted by Crippen LogP contribution is 2.66. The van der Waals surface area contributed by atoms with Crippen LogP contribution in [0, 0.1) is 34.5 Å². The van der Waals surface area contributed by atoms with Crippen molar-refractivity contribution >= 4 is 0 Å². The summed E-state index contributed by atoms with van der Waals surface area (Å²) in [6, 6.07) is 0. The zero-order valence-electron chi connectivity index (χ0n) is 19.6. The fraction of sp³-hybridized carbons (Fsp3) is 0.926. The Morgan fingerprint density at radius 3 is 2.62 bits per heavy atom. The quantitative estimate of drug-likeness (QED) is 0.488. The molecule has 3 saturated carbocycles. The van der Waals surface area contributed by atoms with E-state index in [4.69, 9.17) is 0 Å². The second kappa shape index (κ2) is 7.97. The average Bonchev–Trinajstić information content (AvgIpc) is 2.99. The van der Waals surface area contributed by atoms with Gasteiger partial charge in [0.15, 0.2) is 0 Å². The van der Waals surface area contributed by atoms with Crippen LogP contribution in [0.5, 0.6) is 0 Å². The minimum Gasteiger partial charge on any atom is -0.393 e. The molecule has 4 rings (SSSR count). The molecule has 2 heteroatoms. The van der Waals surface area contributed by atoms with Crippen molar-refractivity contribution in [2.45, 2.75) is 123 Å². The second-order valence-electron chi connectivity index (χ2n) is 12.1. The van der Waals surface area contributed by atoms with Crippen molar-refractivity contribution in [2.75, 3.05) is 0 Å². The lowest BCUT2D eigenvalue weighted by molar-refractivity contribution is -0.0517. The van der Waals surface area contributed by atoms with Gasteiger partial charge in [-0.2, -0.15) is 0 Å². The van der Waals surface area contributed by atoms with Crippen LogP contribution in [0.15, 0.2) is 11.6 Å². The van der Waals surface area contributed by atoms with Crippen LogP contribution in [0.1, 0.15) is 111 Å². The molecule has 0 amide bonds. The van der Waals surface area contributed by atoms with Gasteiger partial charge < -0.3 is 10.2 Å². The maximum Gasteiger partial charge on any atom is 0.0619 e. The Hall–Kier alpha value is -0.340. The first-order valence-electron chi connectivity index (χ1n) is 12.8. The van der Waals surface area contributed by atoms with Crippen LogP contribution < -0.4 is 0 Å². The van der Waals surface area contributed by atoms with E-state index in [2.05, 4.69) is 26.8 Å². The van der Waals surface area contributed by atoms with Crippen molar-refractivity contribution in [1.29, 1.82) is 0 Å². The van der Waals surface area contributed by atoms with Crippen molar-refractivity contribution in [3.63, 3.8) is 0 Å². The van der Waals surface area contributed by atoms with Gasteiger partial charge in [0.1, 0.15) is 0 Å². The summed E-state index contributed by atoms with van der Waals surface area (Å²) in [5.41, 5.74) is 2.01. The maximum atomic E-state index is 10.6. The van der Waals surface area contributed by atoms with Crippen LogP contribution in [-0.2, 0) is 0 Å². The monoisotopic (exact) mass is 402 g/mol. The van der Waals surface area contributed by atoms with Gasteiger partial charge in [0.2, 0.25) is 0 Å². The number of aliphatic hydroxyl groups is 2. The van der Waals surface area contributed by atoms with Gasteiger partial charge in [0.25, 0.3) is 0 Å². The minimum absolute atomic E-state index is 0.0967. The molecular weight excluding hydrogens is 356 g/mol. The summed E-state index contributed by atoms with van der Waals surface area (Å²) in [6.45, 7) is 9.37. The van der Waals surface area contributed by atoms with E-state index in [9.17, 15) is 10.2 Å². The van der Waals surface area contributed by atoms with E-state index in [-0.39, 0.29) is 6.10 Å². The van der Waals surface area contributed by atoms with Gasteiger partial charge in [-0.25, -0.2) is 0 Å². The van der Waals surface area contributed by atoms with Gasteiger partial charge in [-0.1, -0.05) is 45.3 Å². The maximum absolute atomic E-state index is 10.6. The Labute approximate surface area is 179 Å². The van der Waals surface area contributed by atoms with E-state index in [1.165, 1.54) is 51.4 Å². The predicted molar refractivity (Wildman–Crippen MR) is 121 cm³/mol. The molecule has 4 aliphatic carbocycles. The molecule has 29 heavy (non-hydrogen) atoms. The Kier molecular flexibility index (Phi) is 6.01. The second-order valence-corrected chi connectivity index (χ2v) is 12.1. The van der Waals surface area contributed by atoms with E-state index in [0.29, 0.717) is 10.8 Å². The summed E-state index contributed by atoms with van der Waals surface area (Å²) < 4.78 is 0. The third-order valence-electron chi connectivity index (χ3n) is 10.3. The molecule has 8 atom stereocenters. The highest BCUT2D eigenvalue weighted by molar-refractivity contribution is 5.25. The van der Waals surface area contributed by atoms with Crippen LogP contribution in [0.4, 0.5) is 0 Å². The summed E-state index contributed by atoms with van der Waals surface area (Å²) in [5, 5.41) is 20.8. The van der Waals surface area contributed by atoms with Gasteiger partial charge in [-0.05, 0) is 112 Å². The zero-order valence-corrected chi connectivity index (χ0v) is 19.6. The molecule has 4 aliphatic rings. The Balaban J connectivity index is 1.43. The number of aliphatic hydroxyl groups excluding tert-OH is 1. The van der Waals surface area contributed by atoms with Crippen LogP contribution in [0.2, 0.25) is 0 Å². The van der Waals surface area contributed by atoms with Crippen LogP contribution in [-0.4, -0.2) is 21.9 Å². The summed E-state index contributed by atoms with van der Waals surface area (Å²) in [6.07, 6.45) is 18.0. The fourth-order valence-corrected chi connectivity index (χ4v) is 8.62. The molecule has 0 saturated heterocycles. The SMILES string of the molecule is CCC[C@](C)(O)CCCC1CC[C@H]2C3CC=C4C[C@@H](O)CC[C@]4(C)C3CCC12C. The smallest absolute Gasteiger partial charge is 0.0619 e. The highest BCUT2D eigenvalue weighted by Gasteiger charge is 2.58. The summed E-state index contributed by atoms with van der Waals surface area (Å²) >= 11 is 0. The molecule has 2 N–H and O–H groups in total. The largest absolute Gasteiger partial charge is 0.393 e. The first kappa shape index (κ1) is 21.9. The molecule has 0 aromatic carbocycles. The summed E-state index contributed by atoms with van der Waals surface area (Å²) in [4.78, 5) is 0. The van der Waals surface area contributed by atoms with Crippen LogP contribution in [0.25, 0.3) is 0 Å². The van der Waals surface area contributed by atoms with E-state index >= 15 is 0 Å². The van der Waals surface area contributed by atoms with E-state index in [1.807, 2.05) is 6.92 Å². The number of rotatable bonds is 6. The molecule has 0 aromatic heterocycles. The van der Waals surface area contributed by atoms with Gasteiger partial charge in [-0.15, -0.1) is 0 Å². The molecule has 0 heterocycles. The van der Waals surface area contributed by atoms with Crippen molar-refractivity contribution in [3.8, 4) is 0 Å². The first-order valence-corrected chi connectivity index (χ1v) is 12.8. The number of hydrogen-bond donors (Lipinski definition) is 2. The first-order chi connectivity index (χ1) is 13.7. The average molecular weight is 403 g/mol. The third-order valence-corrected chi connectivity index (χ3v) is 10.3. The lowest BCUT2D eigenvalue weighted by Crippen LogP contribution is -2.50. The Morgan fingerprint density at radius 2 is 1.86 bits per heavy atom. The van der Waals surface area contributed by atoms with Crippen molar-refractivity contribution in [3.05, 3.63) is 11.6 Å². The predicted octanol–water partition coefficient (Wildman–Crippen LogP) is 6.65. The van der Waals surface area contributed by atoms with Crippen molar-refractivity contribution in [1.82, 2.24) is 0 Å². The van der Waals surface area contributed by atoms with Crippen molar-refractivity contribution < 1.29 is 10.2 Å². The standard InChI is InChI=1S/C27H46O2/c1-5-14-25(2,29)15-6-7-19-9-11-23-22-10-8-20-18-21(28)12-16-27(20,4)24(22)13-17-26(19,23)3/h8,19,21-24,28-29H,5-7,9-18H2,1-4H3/t19?,21-,22?,23-,24?,25-,26?,27-/m0/s1. The fourth-order valence-electron chi connectivity index (χ4n) is 8.62. The molecule has 0 bridgehead atoms. The highest BCUT2D eigenvalue weighted by atomic mass is 16.3. The molecule has 166 valence electrons. The normalized spacial score (nSPS) is 46.3. The number of allylic oxidation sites excluding steroid dienone is 1. The van der Waals surface area contributed by atoms with Gasteiger partial charge >= 0.3 is 0 Å². The summed E-state index contributed by atoms with van der Waals surface area (Å²) in [7, 11) is 0. The van der Waals surface area contributed by atoms with Crippen molar-refractivity contribution in [2.24, 2.45) is 34.5 Å².